The van der Waals surface area contributed by atoms with Crippen LogP contribution in [0.4, 0.5) is 30.8 Å². The van der Waals surface area contributed by atoms with Gasteiger partial charge < -0.3 is 20.6 Å². The molecule has 0 saturated heterocycles. The monoisotopic (exact) mass is 416 g/mol. The number of nitrogens with zero attached hydrogens (tertiary/aromatic N) is 4. The molecule has 1 aromatic heterocycles. The zero-order valence-electron chi connectivity index (χ0n) is 16.4. The van der Waals surface area contributed by atoms with Crippen LogP contribution in [-0.2, 0) is 6.54 Å². The summed E-state index contributed by atoms with van der Waals surface area (Å²) >= 11 is 0. The summed E-state index contributed by atoms with van der Waals surface area (Å²) in [7, 11) is 3.79. The van der Waals surface area contributed by atoms with Crippen molar-refractivity contribution in [2.45, 2.75) is 13.0 Å². The Morgan fingerprint density at radius 3 is 2.43 bits per heavy atom. The summed E-state index contributed by atoms with van der Waals surface area (Å²) in [6, 6.07) is 2.13. The van der Waals surface area contributed by atoms with Gasteiger partial charge >= 0.3 is 6.03 Å². The lowest BCUT2D eigenvalue weighted by Crippen LogP contribution is -2.47. The van der Waals surface area contributed by atoms with Crippen molar-refractivity contribution in [1.29, 1.82) is 10.7 Å². The molecule has 0 unspecified atom stereocenters. The van der Waals surface area contributed by atoms with E-state index in [0.29, 0.717) is 5.56 Å². The van der Waals surface area contributed by atoms with Gasteiger partial charge in [0.05, 0.1) is 50.2 Å². The molecule has 30 heavy (non-hydrogen) atoms. The first-order valence-electron chi connectivity index (χ1n) is 8.64. The second kappa shape index (κ2) is 7.82. The number of benzene rings is 1. The lowest BCUT2D eigenvalue weighted by Gasteiger charge is -2.36. The fraction of sp³-hybridized carbons (Fsp3) is 0.263. The minimum Gasteiger partial charge on any atom is -0.493 e. The number of nitrogens with two attached hydrogens (primary N) is 1. The average molecular weight is 416 g/mol. The highest BCUT2D eigenvalue weighted by Crippen LogP contribution is 2.41. The van der Waals surface area contributed by atoms with Gasteiger partial charge in [0.25, 0.3) is 0 Å². The van der Waals surface area contributed by atoms with Gasteiger partial charge in [0.15, 0.2) is 23.1 Å². The van der Waals surface area contributed by atoms with Crippen molar-refractivity contribution in [1.82, 2.24) is 4.98 Å². The third-order valence-electron chi connectivity index (χ3n) is 4.72. The quantitative estimate of drug-likeness (QED) is 0.721. The number of nitriles is 1. The Kier molecular flexibility index (Phi) is 5.42. The molecule has 0 atom stereocenters. The first kappa shape index (κ1) is 20.8. The highest BCUT2D eigenvalue weighted by molar-refractivity contribution is 6.14. The van der Waals surface area contributed by atoms with Crippen molar-refractivity contribution in [2.75, 3.05) is 36.8 Å². The number of ether oxygens (including phenoxy) is 2. The van der Waals surface area contributed by atoms with E-state index >= 15 is 0 Å². The molecule has 0 saturated carbocycles. The van der Waals surface area contributed by atoms with Crippen LogP contribution >= 0.6 is 0 Å². The Morgan fingerprint density at radius 2 is 1.90 bits per heavy atom. The van der Waals surface area contributed by atoms with Gasteiger partial charge in [-0.2, -0.15) is 5.26 Å². The minimum absolute atomic E-state index is 0.0255. The topological polar surface area (TPSA) is 129 Å². The van der Waals surface area contributed by atoms with Gasteiger partial charge in [0, 0.05) is 24.9 Å². The van der Waals surface area contributed by atoms with Crippen LogP contribution in [0.1, 0.15) is 17.5 Å². The first-order chi connectivity index (χ1) is 14.3. The van der Waals surface area contributed by atoms with Crippen LogP contribution in [0.25, 0.3) is 0 Å². The van der Waals surface area contributed by atoms with E-state index in [1.165, 1.54) is 27.5 Å². The molecule has 0 radical (unpaired) electrons. The summed E-state index contributed by atoms with van der Waals surface area (Å²) in [6.45, 7) is -0.247. The average Bonchev–Trinajstić information content (AvgIpc) is 2.72. The third-order valence-corrected chi connectivity index (χ3v) is 4.72. The maximum absolute atomic E-state index is 14.9. The molecule has 9 nitrogen and oxygen atoms in total. The normalized spacial score (nSPS) is 13.0. The lowest BCUT2D eigenvalue weighted by atomic mass is 10.00. The number of methoxy groups -OCH3 is 2. The second-order valence-corrected chi connectivity index (χ2v) is 6.39. The van der Waals surface area contributed by atoms with Crippen molar-refractivity contribution >= 4 is 28.9 Å². The number of rotatable bonds is 5. The number of aromatic nitrogens is 1. The molecule has 3 rings (SSSR count). The number of hydrogen-bond donors (Lipinski definition) is 2. The van der Waals surface area contributed by atoms with Crippen LogP contribution in [-0.4, -0.2) is 38.0 Å². The number of halogens is 2. The number of carbonyl (C=O) groups excluding carboxylic acids is 1. The zero-order chi connectivity index (χ0) is 22.2. The van der Waals surface area contributed by atoms with Crippen LogP contribution in [0.2, 0.25) is 0 Å². The van der Waals surface area contributed by atoms with Crippen LogP contribution in [0, 0.1) is 28.4 Å². The summed E-state index contributed by atoms with van der Waals surface area (Å²) in [5.74, 6) is -2.75. The van der Waals surface area contributed by atoms with Crippen LogP contribution in [0.5, 0.6) is 11.5 Å². The standard InChI is InChI=1S/C19H18F2N6O3/c1-26-16-9(7-25-18(24)13(16)10(23)4-5-22)8-27(19(26)28)17-14(20)11(29-2)6-12(30-3)15(17)21/h6-7,23H,4,8H2,1-3H3,(H2,24,25). The number of anilines is 3. The molecule has 1 aliphatic rings. The van der Waals surface area contributed by atoms with Crippen molar-refractivity contribution in [3.8, 4) is 17.6 Å². The van der Waals surface area contributed by atoms with E-state index in [1.54, 1.807) is 0 Å². The summed E-state index contributed by atoms with van der Waals surface area (Å²) < 4.78 is 39.8. The molecule has 0 fully saturated rings. The van der Waals surface area contributed by atoms with Gasteiger partial charge in [0.1, 0.15) is 11.5 Å². The van der Waals surface area contributed by atoms with Crippen molar-refractivity contribution in [3.63, 3.8) is 0 Å². The molecule has 156 valence electrons. The minimum atomic E-state index is -1.07. The number of urea groups is 1. The molecule has 1 aromatic carbocycles. The van der Waals surface area contributed by atoms with Crippen molar-refractivity contribution in [3.05, 3.63) is 35.0 Å². The van der Waals surface area contributed by atoms with E-state index in [2.05, 4.69) is 4.98 Å². The summed E-state index contributed by atoms with van der Waals surface area (Å²) in [6.07, 6.45) is 1.11. The number of carbonyl (C=O) groups is 1. The van der Waals surface area contributed by atoms with E-state index < -0.39 is 23.4 Å². The Morgan fingerprint density at radius 1 is 1.30 bits per heavy atom. The SMILES string of the molecule is COc1cc(OC)c(F)c(N2Cc3cnc(N)c(C(=N)CC#N)c3N(C)C2=O)c1F. The smallest absolute Gasteiger partial charge is 0.329 e. The largest absolute Gasteiger partial charge is 0.493 e. The van der Waals surface area contributed by atoms with Crippen LogP contribution in [0.15, 0.2) is 12.3 Å². The molecule has 11 heteroatoms. The molecule has 0 bridgehead atoms. The summed E-state index contributed by atoms with van der Waals surface area (Å²) in [4.78, 5) is 19.1. The number of amides is 2. The number of fused-ring (bicyclic) bond motifs is 1. The Hall–Kier alpha value is -3.94. The van der Waals surface area contributed by atoms with Crippen LogP contribution < -0.4 is 25.0 Å². The van der Waals surface area contributed by atoms with Gasteiger partial charge in [-0.05, 0) is 0 Å². The Bertz CT molecular complexity index is 1070. The number of nitrogen functional groups attached to an aromatic ring is 1. The predicted molar refractivity (Wildman–Crippen MR) is 105 cm³/mol. The van der Waals surface area contributed by atoms with E-state index in [-0.39, 0.29) is 47.2 Å². The summed E-state index contributed by atoms with van der Waals surface area (Å²) in [5, 5.41) is 17.0. The van der Waals surface area contributed by atoms with Gasteiger partial charge in [-0.1, -0.05) is 0 Å². The highest BCUT2D eigenvalue weighted by Gasteiger charge is 2.37. The molecule has 2 heterocycles. The highest BCUT2D eigenvalue weighted by atomic mass is 19.1. The molecular formula is C19H18F2N6O3. The van der Waals surface area contributed by atoms with E-state index in [1.807, 2.05) is 6.07 Å². The molecule has 3 N–H and O–H groups in total. The molecule has 2 aromatic rings. The zero-order valence-corrected chi connectivity index (χ0v) is 16.4. The fourth-order valence-electron chi connectivity index (χ4n) is 3.32. The van der Waals surface area contributed by atoms with Gasteiger partial charge in [0.2, 0.25) is 0 Å². The fourth-order valence-corrected chi connectivity index (χ4v) is 3.32. The molecule has 0 aliphatic carbocycles. The molecule has 1 aliphatic heterocycles. The lowest BCUT2D eigenvalue weighted by molar-refractivity contribution is 0.250. The van der Waals surface area contributed by atoms with Crippen molar-refractivity contribution < 1.29 is 23.0 Å². The molecular weight excluding hydrogens is 398 g/mol. The van der Waals surface area contributed by atoms with Gasteiger partial charge in [-0.25, -0.2) is 18.6 Å². The predicted octanol–water partition coefficient (Wildman–Crippen LogP) is 2.82. The second-order valence-electron chi connectivity index (χ2n) is 6.39. The summed E-state index contributed by atoms with van der Waals surface area (Å²) in [5.41, 5.74) is 5.92. The number of nitrogens with one attached hydrogen (secondary N) is 1. The molecule has 2 amide bonds. The maximum atomic E-state index is 14.9. The maximum Gasteiger partial charge on any atom is 0.329 e. The Balaban J connectivity index is 2.20. The molecule has 0 spiro atoms. The van der Waals surface area contributed by atoms with E-state index in [0.717, 1.165) is 15.9 Å². The third kappa shape index (κ3) is 3.12. The van der Waals surface area contributed by atoms with E-state index in [9.17, 15) is 13.6 Å². The van der Waals surface area contributed by atoms with E-state index in [4.69, 9.17) is 25.9 Å². The first-order valence-corrected chi connectivity index (χ1v) is 8.64. The van der Waals surface area contributed by atoms with Crippen LogP contribution in [0.3, 0.4) is 0 Å². The number of pyridine rings is 1. The van der Waals surface area contributed by atoms with Gasteiger partial charge in [-0.15, -0.1) is 0 Å². The Labute approximate surface area is 170 Å². The van der Waals surface area contributed by atoms with Gasteiger partial charge in [-0.3, -0.25) is 9.80 Å². The van der Waals surface area contributed by atoms with Crippen molar-refractivity contribution in [2.24, 2.45) is 0 Å². The number of hydrogen-bond acceptors (Lipinski definition) is 7.